The Labute approximate surface area is 194 Å². The van der Waals surface area contributed by atoms with Crippen LogP contribution in [-0.4, -0.2) is 42.3 Å². The molecule has 0 fully saturated rings. The molecule has 0 radical (unpaired) electrons. The smallest absolute Gasteiger partial charge is 0.258 e. The van der Waals surface area contributed by atoms with E-state index < -0.39 is 6.04 Å². The van der Waals surface area contributed by atoms with E-state index in [9.17, 15) is 14.4 Å². The number of amides is 3. The van der Waals surface area contributed by atoms with Gasteiger partial charge in [0.15, 0.2) is 0 Å². The molecule has 0 saturated heterocycles. The number of carbonyl (C=O) groups is 3. The van der Waals surface area contributed by atoms with Gasteiger partial charge in [-0.3, -0.25) is 14.4 Å². The van der Waals surface area contributed by atoms with E-state index in [1.54, 1.807) is 23.8 Å². The van der Waals surface area contributed by atoms with Crippen molar-refractivity contribution in [1.82, 2.24) is 10.2 Å². The molecule has 0 aliphatic carbocycles. The molecule has 0 spiro atoms. The molecule has 1 atom stereocenters. The van der Waals surface area contributed by atoms with Crippen molar-refractivity contribution in [1.29, 1.82) is 0 Å². The van der Waals surface area contributed by atoms with Crippen LogP contribution in [0.25, 0.3) is 10.8 Å². The second-order valence-electron chi connectivity index (χ2n) is 8.54. The van der Waals surface area contributed by atoms with Gasteiger partial charge in [0.05, 0.1) is 5.69 Å². The molecule has 4 rings (SSSR count). The maximum atomic E-state index is 13.2. The third-order valence-electron chi connectivity index (χ3n) is 6.31. The molecule has 3 aromatic carbocycles. The van der Waals surface area contributed by atoms with Crippen molar-refractivity contribution in [3.8, 4) is 0 Å². The van der Waals surface area contributed by atoms with Gasteiger partial charge in [-0.1, -0.05) is 54.1 Å². The molecule has 3 amide bonds. The first kappa shape index (κ1) is 22.5. The van der Waals surface area contributed by atoms with Crippen LogP contribution in [0.15, 0.2) is 60.7 Å². The predicted molar refractivity (Wildman–Crippen MR) is 130 cm³/mol. The van der Waals surface area contributed by atoms with Gasteiger partial charge in [0.2, 0.25) is 11.8 Å². The number of aryl methyl sites for hydroxylation is 1. The Morgan fingerprint density at radius 1 is 1.03 bits per heavy atom. The number of nitrogens with zero attached hydrogens (tertiary/aromatic N) is 2. The Hall–Kier alpha value is -3.67. The standard InChI is InChI=1S/C27H29N3O3/c1-18-12-14-20(15-13-18)17-30(19(2)26(32)28-3)24(31)11-6-16-29-23-10-5-8-21-7-4-9-22(25(21)23)27(29)33/h4-5,7-10,12-15,19H,6,11,16-17H2,1-3H3,(H,28,32). The minimum absolute atomic E-state index is 0.0236. The monoisotopic (exact) mass is 443 g/mol. The van der Waals surface area contributed by atoms with E-state index in [2.05, 4.69) is 5.32 Å². The molecule has 1 aliphatic rings. The van der Waals surface area contributed by atoms with Crippen LogP contribution in [0.3, 0.4) is 0 Å². The summed E-state index contributed by atoms with van der Waals surface area (Å²) >= 11 is 0. The molecule has 0 aromatic heterocycles. The number of carbonyl (C=O) groups excluding carboxylic acids is 3. The molecule has 33 heavy (non-hydrogen) atoms. The Morgan fingerprint density at radius 2 is 1.73 bits per heavy atom. The van der Waals surface area contributed by atoms with Crippen molar-refractivity contribution in [2.24, 2.45) is 0 Å². The first-order chi connectivity index (χ1) is 15.9. The highest BCUT2D eigenvalue weighted by Crippen LogP contribution is 2.37. The summed E-state index contributed by atoms with van der Waals surface area (Å²) in [5.41, 5.74) is 3.73. The van der Waals surface area contributed by atoms with Gasteiger partial charge in [-0.05, 0) is 43.4 Å². The van der Waals surface area contributed by atoms with Crippen molar-refractivity contribution in [2.45, 2.75) is 39.3 Å². The molecular weight excluding hydrogens is 414 g/mol. The summed E-state index contributed by atoms with van der Waals surface area (Å²) in [6, 6.07) is 19.0. The summed E-state index contributed by atoms with van der Waals surface area (Å²) in [7, 11) is 1.57. The van der Waals surface area contributed by atoms with Crippen LogP contribution in [0.2, 0.25) is 0 Å². The minimum atomic E-state index is -0.588. The van der Waals surface area contributed by atoms with Crippen molar-refractivity contribution in [2.75, 3.05) is 18.5 Å². The van der Waals surface area contributed by atoms with E-state index in [4.69, 9.17) is 0 Å². The molecule has 3 aromatic rings. The summed E-state index contributed by atoms with van der Waals surface area (Å²) < 4.78 is 0. The van der Waals surface area contributed by atoms with Crippen molar-refractivity contribution < 1.29 is 14.4 Å². The third kappa shape index (κ3) is 4.46. The summed E-state index contributed by atoms with van der Waals surface area (Å²) in [6.45, 7) is 4.57. The molecule has 1 unspecified atom stereocenters. The maximum absolute atomic E-state index is 13.2. The topological polar surface area (TPSA) is 69.7 Å². The van der Waals surface area contributed by atoms with E-state index in [0.29, 0.717) is 25.1 Å². The molecule has 6 nitrogen and oxygen atoms in total. The second kappa shape index (κ2) is 9.45. The summed E-state index contributed by atoms with van der Waals surface area (Å²) in [5.74, 6) is -0.328. The zero-order valence-electron chi connectivity index (χ0n) is 19.3. The van der Waals surface area contributed by atoms with Crippen LogP contribution in [0.5, 0.6) is 0 Å². The first-order valence-corrected chi connectivity index (χ1v) is 11.3. The fourth-order valence-corrected chi connectivity index (χ4v) is 4.41. The van der Waals surface area contributed by atoms with E-state index >= 15 is 0 Å². The number of likely N-dealkylation sites (N-methyl/N-ethyl adjacent to an activating group) is 1. The molecule has 1 aliphatic heterocycles. The van der Waals surface area contributed by atoms with Gasteiger partial charge in [0.25, 0.3) is 5.91 Å². The molecule has 1 heterocycles. The van der Waals surface area contributed by atoms with E-state index in [1.165, 1.54) is 0 Å². The lowest BCUT2D eigenvalue weighted by Gasteiger charge is -2.29. The van der Waals surface area contributed by atoms with E-state index in [1.807, 2.05) is 67.6 Å². The van der Waals surface area contributed by atoms with Gasteiger partial charge in [-0.15, -0.1) is 0 Å². The summed E-state index contributed by atoms with van der Waals surface area (Å²) in [5, 5.41) is 4.66. The van der Waals surface area contributed by atoms with Gasteiger partial charge >= 0.3 is 0 Å². The SMILES string of the molecule is CNC(=O)C(C)N(Cc1ccc(C)cc1)C(=O)CCCN1C(=O)c2cccc3cccc1c23. The van der Waals surface area contributed by atoms with E-state index in [0.717, 1.165) is 27.6 Å². The van der Waals surface area contributed by atoms with Gasteiger partial charge < -0.3 is 15.1 Å². The Kier molecular flexibility index (Phi) is 6.45. The number of benzene rings is 3. The number of hydrogen-bond donors (Lipinski definition) is 1. The van der Waals surface area contributed by atoms with Crippen LogP contribution < -0.4 is 10.2 Å². The highest BCUT2D eigenvalue weighted by atomic mass is 16.2. The summed E-state index contributed by atoms with van der Waals surface area (Å²) in [6.07, 6.45) is 0.767. The van der Waals surface area contributed by atoms with Crippen LogP contribution in [0.1, 0.15) is 41.3 Å². The van der Waals surface area contributed by atoms with E-state index in [-0.39, 0.29) is 24.1 Å². The van der Waals surface area contributed by atoms with Gasteiger partial charge in [0.1, 0.15) is 6.04 Å². The molecular formula is C27H29N3O3. The average Bonchev–Trinajstić information content (AvgIpc) is 3.10. The molecule has 6 heteroatoms. The maximum Gasteiger partial charge on any atom is 0.258 e. The van der Waals surface area contributed by atoms with Crippen molar-refractivity contribution in [3.05, 3.63) is 77.4 Å². The largest absolute Gasteiger partial charge is 0.357 e. The highest BCUT2D eigenvalue weighted by Gasteiger charge is 2.30. The fourth-order valence-electron chi connectivity index (χ4n) is 4.41. The Bertz CT molecular complexity index is 1200. The molecule has 0 bridgehead atoms. The lowest BCUT2D eigenvalue weighted by atomic mass is 10.1. The second-order valence-corrected chi connectivity index (χ2v) is 8.54. The predicted octanol–water partition coefficient (Wildman–Crippen LogP) is 4.05. The molecule has 0 saturated carbocycles. The molecule has 170 valence electrons. The zero-order valence-corrected chi connectivity index (χ0v) is 19.3. The lowest BCUT2D eigenvalue weighted by molar-refractivity contribution is -0.140. The Morgan fingerprint density at radius 3 is 2.42 bits per heavy atom. The molecule has 1 N–H and O–H groups in total. The highest BCUT2D eigenvalue weighted by molar-refractivity contribution is 6.25. The normalized spacial score (nSPS) is 13.3. The van der Waals surface area contributed by atoms with Crippen LogP contribution in [0.4, 0.5) is 5.69 Å². The first-order valence-electron chi connectivity index (χ1n) is 11.3. The lowest BCUT2D eigenvalue weighted by Crippen LogP contribution is -2.46. The van der Waals surface area contributed by atoms with Crippen LogP contribution in [-0.2, 0) is 16.1 Å². The third-order valence-corrected chi connectivity index (χ3v) is 6.31. The minimum Gasteiger partial charge on any atom is -0.357 e. The average molecular weight is 444 g/mol. The number of nitrogens with one attached hydrogen (secondary N) is 1. The number of anilines is 1. The number of rotatable bonds is 8. The van der Waals surface area contributed by atoms with Crippen LogP contribution in [0, 0.1) is 6.92 Å². The summed E-state index contributed by atoms with van der Waals surface area (Å²) in [4.78, 5) is 41.8. The quantitative estimate of drug-likeness (QED) is 0.571. The van der Waals surface area contributed by atoms with Crippen molar-refractivity contribution in [3.63, 3.8) is 0 Å². The van der Waals surface area contributed by atoms with Crippen LogP contribution >= 0.6 is 0 Å². The fraction of sp³-hybridized carbons (Fsp3) is 0.296. The number of hydrogen-bond acceptors (Lipinski definition) is 3. The Balaban J connectivity index is 1.45. The van der Waals surface area contributed by atoms with Gasteiger partial charge in [-0.2, -0.15) is 0 Å². The zero-order chi connectivity index (χ0) is 23.5. The van der Waals surface area contributed by atoms with Gasteiger partial charge in [0, 0.05) is 37.5 Å². The van der Waals surface area contributed by atoms with Gasteiger partial charge in [-0.25, -0.2) is 0 Å². The van der Waals surface area contributed by atoms with Crippen molar-refractivity contribution >= 4 is 34.2 Å².